The van der Waals surface area contributed by atoms with E-state index in [9.17, 15) is 18.4 Å². The number of halogens is 2. The smallest absolute Gasteiger partial charge is 0.337 e. The highest BCUT2D eigenvalue weighted by Crippen LogP contribution is 2.39. The number of ether oxygens (including phenoxy) is 2. The van der Waals surface area contributed by atoms with Crippen LogP contribution in [0, 0.1) is 17.8 Å². The van der Waals surface area contributed by atoms with Crippen LogP contribution in [-0.2, 0) is 16.5 Å². The Kier molecular flexibility index (Phi) is 8.58. The maximum atomic E-state index is 14.4. The number of hydrogen-bond donors (Lipinski definition) is 2. The zero-order chi connectivity index (χ0) is 27.4. The van der Waals surface area contributed by atoms with E-state index in [0.29, 0.717) is 43.3 Å². The lowest BCUT2D eigenvalue weighted by Crippen LogP contribution is -2.45. The van der Waals surface area contributed by atoms with E-state index in [2.05, 4.69) is 20.6 Å². The zero-order valence-electron chi connectivity index (χ0n) is 21.9. The molecule has 1 aliphatic heterocycles. The molecule has 1 fully saturated rings. The van der Waals surface area contributed by atoms with Crippen molar-refractivity contribution in [2.45, 2.75) is 13.0 Å². The number of likely N-dealkylation sites (tertiary alicyclic amines) is 1. The van der Waals surface area contributed by atoms with E-state index < -0.39 is 29.6 Å². The van der Waals surface area contributed by atoms with Crippen LogP contribution in [0.3, 0.4) is 0 Å². The fourth-order valence-corrected chi connectivity index (χ4v) is 5.14. The van der Waals surface area contributed by atoms with Crippen molar-refractivity contribution in [3.8, 4) is 11.3 Å². The maximum absolute atomic E-state index is 14.4. The van der Waals surface area contributed by atoms with E-state index in [0.717, 1.165) is 5.56 Å². The summed E-state index contributed by atoms with van der Waals surface area (Å²) >= 11 is 0. The summed E-state index contributed by atoms with van der Waals surface area (Å²) < 4.78 is 39.7. The molecule has 2 N–H and O–H groups in total. The number of nitrogens with one attached hydrogen (secondary N) is 2. The Bertz CT molecular complexity index is 1230. The van der Waals surface area contributed by atoms with Crippen molar-refractivity contribution < 1.29 is 27.8 Å². The Balaban J connectivity index is 1.45. The van der Waals surface area contributed by atoms with Gasteiger partial charge >= 0.3 is 12.0 Å². The quantitative estimate of drug-likeness (QED) is 0.504. The Labute approximate surface area is 220 Å². The minimum atomic E-state index is -0.836. The predicted octanol–water partition coefficient (Wildman–Crippen LogP) is 3.91. The second-order valence-electron chi connectivity index (χ2n) is 9.65. The average molecular weight is 530 g/mol. The first-order valence-electron chi connectivity index (χ1n) is 12.5. The zero-order valence-corrected chi connectivity index (χ0v) is 21.9. The van der Waals surface area contributed by atoms with Gasteiger partial charge in [0.15, 0.2) is 5.83 Å². The van der Waals surface area contributed by atoms with Crippen molar-refractivity contribution >= 4 is 17.8 Å². The third-order valence-electron chi connectivity index (χ3n) is 7.26. The first-order valence-corrected chi connectivity index (χ1v) is 12.5. The summed E-state index contributed by atoms with van der Waals surface area (Å²) in [5.41, 5.74) is 1.82. The highest BCUT2D eigenvalue weighted by molar-refractivity contribution is 5.90. The molecule has 2 aromatic rings. The maximum Gasteiger partial charge on any atom is 0.337 e. The van der Waals surface area contributed by atoms with E-state index in [1.807, 2.05) is 0 Å². The number of anilines is 1. The van der Waals surface area contributed by atoms with Gasteiger partial charge in [-0.3, -0.25) is 14.9 Å². The number of aromatic nitrogens is 2. The van der Waals surface area contributed by atoms with Crippen molar-refractivity contribution in [2.24, 2.45) is 24.8 Å². The van der Waals surface area contributed by atoms with Crippen LogP contribution in [0.25, 0.3) is 11.3 Å². The van der Waals surface area contributed by atoms with Gasteiger partial charge in [-0.15, -0.1) is 0 Å². The molecule has 2 heterocycles. The van der Waals surface area contributed by atoms with Crippen LogP contribution < -0.4 is 10.6 Å². The number of benzene rings is 1. The lowest BCUT2D eigenvalue weighted by atomic mass is 9.77. The molecule has 4 atom stereocenters. The number of aryl methyl sites for hydroxylation is 1. The largest absolute Gasteiger partial charge is 0.465 e. The minimum absolute atomic E-state index is 0.113. The van der Waals surface area contributed by atoms with Crippen molar-refractivity contribution in [3.05, 3.63) is 59.7 Å². The lowest BCUT2D eigenvalue weighted by Gasteiger charge is -2.32. The van der Waals surface area contributed by atoms with Gasteiger partial charge in [0.25, 0.3) is 0 Å². The summed E-state index contributed by atoms with van der Waals surface area (Å²) in [6.45, 7) is 4.07. The van der Waals surface area contributed by atoms with Crippen LogP contribution in [0.5, 0.6) is 0 Å². The Morgan fingerprint density at radius 2 is 1.89 bits per heavy atom. The number of carbonyl (C=O) groups is 2. The number of allylic oxidation sites excluding steroid dienone is 4. The molecule has 2 unspecified atom stereocenters. The third kappa shape index (κ3) is 5.94. The van der Waals surface area contributed by atoms with Crippen molar-refractivity contribution in [1.29, 1.82) is 0 Å². The monoisotopic (exact) mass is 529 g/mol. The lowest BCUT2D eigenvalue weighted by molar-refractivity contribution is 0.0600. The van der Waals surface area contributed by atoms with Gasteiger partial charge in [-0.05, 0) is 24.1 Å². The van der Waals surface area contributed by atoms with E-state index in [1.54, 1.807) is 62.2 Å². The summed E-state index contributed by atoms with van der Waals surface area (Å²) in [7, 11) is 4.66. The number of esters is 1. The van der Waals surface area contributed by atoms with E-state index in [-0.39, 0.29) is 17.9 Å². The fraction of sp³-hybridized carbons (Fsp3) is 0.444. The molecule has 1 saturated heterocycles. The van der Waals surface area contributed by atoms with Crippen molar-refractivity contribution in [1.82, 2.24) is 20.0 Å². The highest BCUT2D eigenvalue weighted by atomic mass is 19.2. The first kappa shape index (κ1) is 27.5. The van der Waals surface area contributed by atoms with Crippen LogP contribution in [0.4, 0.5) is 19.4 Å². The molecule has 9 nitrogen and oxygen atoms in total. The van der Waals surface area contributed by atoms with Crippen LogP contribution in [0.1, 0.15) is 17.3 Å². The molecular weight excluding hydrogens is 496 g/mol. The Morgan fingerprint density at radius 3 is 2.58 bits per heavy atom. The number of methoxy groups -OCH3 is 2. The van der Waals surface area contributed by atoms with Crippen LogP contribution in [0.2, 0.25) is 0 Å². The van der Waals surface area contributed by atoms with E-state index in [1.165, 1.54) is 13.2 Å². The number of hydrogen-bond acceptors (Lipinski definition) is 6. The molecule has 204 valence electrons. The third-order valence-corrected chi connectivity index (χ3v) is 7.26. The normalized spacial score (nSPS) is 23.5. The first-order chi connectivity index (χ1) is 18.2. The summed E-state index contributed by atoms with van der Waals surface area (Å²) in [5, 5.41) is 10.3. The van der Waals surface area contributed by atoms with Gasteiger partial charge in [0.1, 0.15) is 11.6 Å². The molecule has 0 bridgehead atoms. The average Bonchev–Trinajstić information content (AvgIpc) is 3.48. The molecular formula is C27H33F2N5O4. The van der Waals surface area contributed by atoms with E-state index in [4.69, 9.17) is 9.47 Å². The fourth-order valence-electron chi connectivity index (χ4n) is 5.14. The molecule has 1 aliphatic carbocycles. The van der Waals surface area contributed by atoms with Gasteiger partial charge in [-0.2, -0.15) is 5.10 Å². The SMILES string of the molecule is COCCN1C[C@@H](NC(=O)Nc2cc(-c3ccc(C(=O)OC)cc3)nn2C)[C@H](C2C=CC(F)=C(F)C2C)C1. The van der Waals surface area contributed by atoms with Gasteiger partial charge < -0.3 is 14.8 Å². The van der Waals surface area contributed by atoms with Crippen LogP contribution in [0.15, 0.2) is 54.1 Å². The second-order valence-corrected chi connectivity index (χ2v) is 9.65. The standard InChI is InChI=1S/C27H33F2N5O4/c1-16-19(9-10-21(28)25(16)29)20-14-34(11-12-37-3)15-23(20)30-27(36)31-24-13-22(32-33(24)2)17-5-7-18(8-6-17)26(35)38-4/h5-10,13,16,19-20,23H,11-12,14-15H2,1-4H3,(H2,30,31,36)/t16?,19?,20-,23+/m0/s1. The number of amides is 2. The molecule has 0 saturated carbocycles. The highest BCUT2D eigenvalue weighted by Gasteiger charge is 2.42. The van der Waals surface area contributed by atoms with Gasteiger partial charge in [0.2, 0.25) is 0 Å². The van der Waals surface area contributed by atoms with Gasteiger partial charge in [-0.1, -0.05) is 25.1 Å². The molecule has 1 aromatic heterocycles. The molecule has 4 rings (SSSR count). The van der Waals surface area contributed by atoms with E-state index >= 15 is 0 Å². The second kappa shape index (κ2) is 11.9. The van der Waals surface area contributed by atoms with Gasteiger partial charge in [0.05, 0.1) is 25.0 Å². The molecule has 0 spiro atoms. The Morgan fingerprint density at radius 1 is 1.16 bits per heavy atom. The number of rotatable bonds is 8. The van der Waals surface area contributed by atoms with Gasteiger partial charge in [-0.25, -0.2) is 18.4 Å². The predicted molar refractivity (Wildman–Crippen MR) is 139 cm³/mol. The van der Waals surface area contributed by atoms with Gasteiger partial charge in [0, 0.05) is 63.3 Å². The summed E-state index contributed by atoms with van der Waals surface area (Å²) in [6, 6.07) is 7.84. The molecule has 38 heavy (non-hydrogen) atoms. The van der Waals surface area contributed by atoms with Crippen LogP contribution >= 0.6 is 0 Å². The molecule has 1 aromatic carbocycles. The van der Waals surface area contributed by atoms with Crippen molar-refractivity contribution in [2.75, 3.05) is 45.8 Å². The Hall–Kier alpha value is -3.57. The summed E-state index contributed by atoms with van der Waals surface area (Å²) in [6.07, 6.45) is 2.89. The topological polar surface area (TPSA) is 97.7 Å². The minimum Gasteiger partial charge on any atom is -0.465 e. The molecule has 2 amide bonds. The van der Waals surface area contributed by atoms with Crippen molar-refractivity contribution in [3.63, 3.8) is 0 Å². The number of nitrogens with zero attached hydrogens (tertiary/aromatic N) is 3. The summed E-state index contributed by atoms with van der Waals surface area (Å²) in [5.74, 6) is -2.53. The number of urea groups is 1. The molecule has 0 radical (unpaired) electrons. The van der Waals surface area contributed by atoms with Crippen LogP contribution in [-0.4, -0.2) is 73.2 Å². The summed E-state index contributed by atoms with van der Waals surface area (Å²) in [4.78, 5) is 26.9. The number of carbonyl (C=O) groups excluding carboxylic acids is 2. The molecule has 11 heteroatoms. The molecule has 2 aliphatic rings.